The zero-order valence-corrected chi connectivity index (χ0v) is 17.8. The van der Waals surface area contributed by atoms with E-state index < -0.39 is 0 Å². The molecule has 7 heteroatoms. The average molecular weight is 408 g/mol. The van der Waals surface area contributed by atoms with E-state index in [9.17, 15) is 9.90 Å². The summed E-state index contributed by atoms with van der Waals surface area (Å²) in [5.41, 5.74) is 3.01. The van der Waals surface area contributed by atoms with E-state index in [0.717, 1.165) is 43.2 Å². The molecule has 0 unspecified atom stereocenters. The van der Waals surface area contributed by atoms with E-state index in [2.05, 4.69) is 40.9 Å². The Morgan fingerprint density at radius 1 is 0.800 bits per heavy atom. The number of aromatic nitrogens is 3. The van der Waals surface area contributed by atoms with E-state index in [1.54, 1.807) is 27.7 Å². The Morgan fingerprint density at radius 3 is 1.77 bits per heavy atom. The smallest absolute Gasteiger partial charge is 0.350 e. The van der Waals surface area contributed by atoms with Crippen molar-refractivity contribution in [3.05, 3.63) is 65.3 Å². The van der Waals surface area contributed by atoms with Gasteiger partial charge in [-0.15, -0.1) is 0 Å². The number of phenolic OH excluding ortho intramolecular Hbond substituents is 1. The van der Waals surface area contributed by atoms with Gasteiger partial charge < -0.3 is 14.9 Å². The standard InChI is InChI=1S/C23H29N5O2/c1-17(2)18(3)28-23(30)27(16-24-28)21-6-4-19(5-7-21)25-12-14-26(15-13-25)20-8-10-22(29)11-9-20/h4-11,16-18,29H,12-15H2,1-3H3/t18-/m0/s1. The molecule has 7 nitrogen and oxygen atoms in total. The van der Waals surface area contributed by atoms with Crippen molar-refractivity contribution in [3.8, 4) is 11.4 Å². The Hall–Kier alpha value is -3.22. The zero-order chi connectivity index (χ0) is 21.3. The number of rotatable bonds is 5. The van der Waals surface area contributed by atoms with Crippen molar-refractivity contribution in [1.29, 1.82) is 0 Å². The summed E-state index contributed by atoms with van der Waals surface area (Å²) < 4.78 is 3.16. The quantitative estimate of drug-likeness (QED) is 0.703. The van der Waals surface area contributed by atoms with Crippen molar-refractivity contribution in [1.82, 2.24) is 14.3 Å². The van der Waals surface area contributed by atoms with E-state index in [4.69, 9.17) is 0 Å². The number of hydrogen-bond donors (Lipinski definition) is 1. The summed E-state index contributed by atoms with van der Waals surface area (Å²) in [5.74, 6) is 0.634. The van der Waals surface area contributed by atoms with E-state index in [0.29, 0.717) is 11.7 Å². The lowest BCUT2D eigenvalue weighted by molar-refractivity contribution is 0.364. The van der Waals surface area contributed by atoms with Crippen LogP contribution in [0.4, 0.5) is 11.4 Å². The second-order valence-corrected chi connectivity index (χ2v) is 8.22. The van der Waals surface area contributed by atoms with Crippen molar-refractivity contribution >= 4 is 11.4 Å². The number of nitrogens with zero attached hydrogens (tertiary/aromatic N) is 5. The lowest BCUT2D eigenvalue weighted by atomic mass is 10.1. The third-order valence-corrected chi connectivity index (χ3v) is 6.03. The maximum atomic E-state index is 12.7. The van der Waals surface area contributed by atoms with Crippen LogP contribution in [0, 0.1) is 5.92 Å². The first-order valence-electron chi connectivity index (χ1n) is 10.5. The van der Waals surface area contributed by atoms with E-state index in [-0.39, 0.29) is 11.7 Å². The molecule has 30 heavy (non-hydrogen) atoms. The van der Waals surface area contributed by atoms with Gasteiger partial charge in [0.15, 0.2) is 0 Å². The highest BCUT2D eigenvalue weighted by molar-refractivity contribution is 5.54. The van der Waals surface area contributed by atoms with Gasteiger partial charge in [-0.3, -0.25) is 0 Å². The number of phenols is 1. The molecule has 0 amide bonds. The second-order valence-electron chi connectivity index (χ2n) is 8.22. The molecular formula is C23H29N5O2. The lowest BCUT2D eigenvalue weighted by Crippen LogP contribution is -2.46. The first-order valence-corrected chi connectivity index (χ1v) is 10.5. The van der Waals surface area contributed by atoms with Crippen LogP contribution in [0.15, 0.2) is 59.7 Å². The van der Waals surface area contributed by atoms with Crippen molar-refractivity contribution in [2.75, 3.05) is 36.0 Å². The molecule has 1 atom stereocenters. The fourth-order valence-corrected chi connectivity index (χ4v) is 3.77. The molecule has 4 rings (SSSR count). The summed E-state index contributed by atoms with van der Waals surface area (Å²) in [6.07, 6.45) is 1.60. The van der Waals surface area contributed by atoms with Gasteiger partial charge in [0.25, 0.3) is 0 Å². The van der Waals surface area contributed by atoms with Crippen LogP contribution >= 0.6 is 0 Å². The molecule has 2 aromatic carbocycles. The largest absolute Gasteiger partial charge is 0.508 e. The summed E-state index contributed by atoms with van der Waals surface area (Å²) >= 11 is 0. The van der Waals surface area contributed by atoms with Crippen LogP contribution in [0.25, 0.3) is 5.69 Å². The number of piperazine rings is 1. The van der Waals surface area contributed by atoms with E-state index in [1.165, 1.54) is 0 Å². The average Bonchev–Trinajstić information content (AvgIpc) is 3.15. The second kappa shape index (κ2) is 8.26. The van der Waals surface area contributed by atoms with Gasteiger partial charge in [-0.05, 0) is 61.4 Å². The van der Waals surface area contributed by atoms with Crippen molar-refractivity contribution in [2.24, 2.45) is 5.92 Å². The van der Waals surface area contributed by atoms with Gasteiger partial charge >= 0.3 is 5.69 Å². The predicted octanol–water partition coefficient (Wildman–Crippen LogP) is 3.28. The third-order valence-electron chi connectivity index (χ3n) is 6.03. The Balaban J connectivity index is 1.44. The first kappa shape index (κ1) is 20.1. The van der Waals surface area contributed by atoms with Crippen LogP contribution < -0.4 is 15.5 Å². The topological polar surface area (TPSA) is 66.5 Å². The monoisotopic (exact) mass is 407 g/mol. The SMILES string of the molecule is CC(C)[C@H](C)n1ncn(-c2ccc(N3CCN(c4ccc(O)cc4)CC3)cc2)c1=O. The minimum Gasteiger partial charge on any atom is -0.508 e. The molecule has 0 saturated carbocycles. The molecule has 1 aliphatic heterocycles. The van der Waals surface area contributed by atoms with Crippen molar-refractivity contribution < 1.29 is 5.11 Å². The number of anilines is 2. The molecule has 0 spiro atoms. The molecule has 2 heterocycles. The molecule has 1 N–H and O–H groups in total. The highest BCUT2D eigenvalue weighted by atomic mass is 16.3. The molecule has 3 aromatic rings. The number of hydrogen-bond acceptors (Lipinski definition) is 5. The maximum absolute atomic E-state index is 12.7. The van der Waals surface area contributed by atoms with Crippen LogP contribution in [0.1, 0.15) is 26.8 Å². The van der Waals surface area contributed by atoms with Crippen LogP contribution in [0.5, 0.6) is 5.75 Å². The van der Waals surface area contributed by atoms with Gasteiger partial charge in [-0.2, -0.15) is 5.10 Å². The van der Waals surface area contributed by atoms with Crippen LogP contribution in [-0.4, -0.2) is 45.6 Å². The highest BCUT2D eigenvalue weighted by Gasteiger charge is 2.19. The van der Waals surface area contributed by atoms with Gasteiger partial charge in [0.1, 0.15) is 12.1 Å². The number of aromatic hydroxyl groups is 1. The highest BCUT2D eigenvalue weighted by Crippen LogP contribution is 2.23. The molecule has 158 valence electrons. The molecule has 1 aliphatic rings. The fourth-order valence-electron chi connectivity index (χ4n) is 3.77. The normalized spacial score (nSPS) is 15.6. The minimum absolute atomic E-state index is 0.0582. The molecule has 1 saturated heterocycles. The molecule has 0 bridgehead atoms. The van der Waals surface area contributed by atoms with Gasteiger partial charge in [0, 0.05) is 37.6 Å². The summed E-state index contributed by atoms with van der Waals surface area (Å²) in [6, 6.07) is 15.5. The van der Waals surface area contributed by atoms with Gasteiger partial charge in [-0.1, -0.05) is 13.8 Å². The minimum atomic E-state index is -0.105. The Kier molecular flexibility index (Phi) is 5.53. The van der Waals surface area contributed by atoms with Crippen LogP contribution in [0.3, 0.4) is 0 Å². The fraction of sp³-hybridized carbons (Fsp3) is 0.391. The van der Waals surface area contributed by atoms with E-state index >= 15 is 0 Å². The molecule has 1 aromatic heterocycles. The Labute approximate surface area is 176 Å². The molecule has 0 aliphatic carbocycles. The van der Waals surface area contributed by atoms with Gasteiger partial charge in [-0.25, -0.2) is 14.0 Å². The predicted molar refractivity (Wildman–Crippen MR) is 120 cm³/mol. The Morgan fingerprint density at radius 2 is 1.27 bits per heavy atom. The maximum Gasteiger partial charge on any atom is 0.350 e. The first-order chi connectivity index (χ1) is 14.4. The van der Waals surface area contributed by atoms with Crippen molar-refractivity contribution in [3.63, 3.8) is 0 Å². The van der Waals surface area contributed by atoms with Crippen LogP contribution in [-0.2, 0) is 0 Å². The third kappa shape index (κ3) is 3.92. The Bertz CT molecular complexity index is 1030. The van der Waals surface area contributed by atoms with Crippen LogP contribution in [0.2, 0.25) is 0 Å². The molecule has 0 radical (unpaired) electrons. The number of benzene rings is 2. The molecule has 1 fully saturated rings. The summed E-state index contributed by atoms with van der Waals surface area (Å²) in [7, 11) is 0. The summed E-state index contributed by atoms with van der Waals surface area (Å²) in [4.78, 5) is 17.4. The van der Waals surface area contributed by atoms with Crippen molar-refractivity contribution in [2.45, 2.75) is 26.8 Å². The lowest BCUT2D eigenvalue weighted by Gasteiger charge is -2.37. The summed E-state index contributed by atoms with van der Waals surface area (Å²) in [6.45, 7) is 9.88. The summed E-state index contributed by atoms with van der Waals surface area (Å²) in [5, 5.41) is 13.8. The van der Waals surface area contributed by atoms with Gasteiger partial charge in [0.2, 0.25) is 0 Å². The van der Waals surface area contributed by atoms with E-state index in [1.807, 2.05) is 31.2 Å². The van der Waals surface area contributed by atoms with Gasteiger partial charge in [0.05, 0.1) is 11.7 Å². The molecular weight excluding hydrogens is 378 g/mol. The zero-order valence-electron chi connectivity index (χ0n) is 17.8.